The second-order valence-corrected chi connectivity index (χ2v) is 6.72. The lowest BCUT2D eigenvalue weighted by Crippen LogP contribution is -2.45. The Morgan fingerprint density at radius 2 is 1.45 bits per heavy atom. The third kappa shape index (κ3) is 3.33. The molecule has 20 heavy (non-hydrogen) atoms. The highest BCUT2D eigenvalue weighted by Crippen LogP contribution is 2.28. The summed E-state index contributed by atoms with van der Waals surface area (Å²) in [5.74, 6) is 0.967. The molecule has 4 nitrogen and oxygen atoms in total. The zero-order valence-corrected chi connectivity index (χ0v) is 12.3. The van der Waals surface area contributed by atoms with Crippen molar-refractivity contribution in [1.29, 1.82) is 0 Å². The largest absolute Gasteiger partial charge is 0.353 e. The minimum Gasteiger partial charge on any atom is -0.353 e. The van der Waals surface area contributed by atoms with Crippen molar-refractivity contribution in [3.05, 3.63) is 0 Å². The average molecular weight is 278 g/mol. The van der Waals surface area contributed by atoms with Gasteiger partial charge in [0.25, 0.3) is 0 Å². The van der Waals surface area contributed by atoms with E-state index in [0.717, 1.165) is 51.6 Å². The van der Waals surface area contributed by atoms with E-state index >= 15 is 0 Å². The van der Waals surface area contributed by atoms with Crippen LogP contribution in [0.15, 0.2) is 0 Å². The highest BCUT2D eigenvalue weighted by molar-refractivity contribution is 5.81. The maximum absolute atomic E-state index is 12.4. The van der Waals surface area contributed by atoms with Crippen LogP contribution in [-0.4, -0.2) is 35.8 Å². The topological polar surface area (TPSA) is 49.4 Å². The number of likely N-dealkylation sites (tertiary alicyclic amines) is 1. The summed E-state index contributed by atoms with van der Waals surface area (Å²) in [6, 6.07) is 0.449. The van der Waals surface area contributed by atoms with Gasteiger partial charge in [0.2, 0.25) is 11.8 Å². The smallest absolute Gasteiger partial charge is 0.225 e. The molecule has 1 saturated heterocycles. The van der Waals surface area contributed by atoms with E-state index in [1.54, 1.807) is 0 Å². The monoisotopic (exact) mass is 278 g/mol. The number of hydrogen-bond donors (Lipinski definition) is 1. The molecule has 112 valence electrons. The molecule has 1 heterocycles. The van der Waals surface area contributed by atoms with E-state index in [9.17, 15) is 9.59 Å². The predicted octanol–water partition coefficient (Wildman–Crippen LogP) is 2.08. The molecule has 1 aliphatic heterocycles. The summed E-state index contributed by atoms with van der Waals surface area (Å²) in [4.78, 5) is 26.5. The molecule has 0 spiro atoms. The molecule has 3 aliphatic rings. The SMILES string of the molecule is O=C(NC1CC1)C1CCN(C(=O)C2CCCCC2)CC1. The van der Waals surface area contributed by atoms with Crippen molar-refractivity contribution in [2.24, 2.45) is 11.8 Å². The zero-order valence-electron chi connectivity index (χ0n) is 12.3. The summed E-state index contributed by atoms with van der Waals surface area (Å²) in [6.07, 6.45) is 9.81. The Labute approximate surface area is 121 Å². The van der Waals surface area contributed by atoms with Gasteiger partial charge in [-0.2, -0.15) is 0 Å². The Morgan fingerprint density at radius 3 is 2.05 bits per heavy atom. The number of hydrogen-bond acceptors (Lipinski definition) is 2. The molecule has 0 aromatic carbocycles. The molecule has 0 bridgehead atoms. The number of nitrogens with one attached hydrogen (secondary N) is 1. The first-order valence-electron chi connectivity index (χ1n) is 8.33. The Bertz CT molecular complexity index is 365. The molecule has 1 N–H and O–H groups in total. The fourth-order valence-electron chi connectivity index (χ4n) is 3.52. The highest BCUT2D eigenvalue weighted by Gasteiger charge is 2.33. The van der Waals surface area contributed by atoms with E-state index in [0.29, 0.717) is 11.9 Å². The summed E-state index contributed by atoms with van der Waals surface area (Å²) in [7, 11) is 0. The maximum Gasteiger partial charge on any atom is 0.225 e. The molecule has 3 fully saturated rings. The van der Waals surface area contributed by atoms with Crippen molar-refractivity contribution in [3.8, 4) is 0 Å². The second-order valence-electron chi connectivity index (χ2n) is 6.72. The molecule has 0 aromatic heterocycles. The van der Waals surface area contributed by atoms with Crippen molar-refractivity contribution < 1.29 is 9.59 Å². The fourth-order valence-corrected chi connectivity index (χ4v) is 3.52. The molecular weight excluding hydrogens is 252 g/mol. The number of nitrogens with zero attached hydrogens (tertiary/aromatic N) is 1. The van der Waals surface area contributed by atoms with Gasteiger partial charge < -0.3 is 10.2 Å². The van der Waals surface area contributed by atoms with Gasteiger partial charge in [-0.3, -0.25) is 9.59 Å². The molecule has 2 aliphatic carbocycles. The molecule has 0 unspecified atom stereocenters. The summed E-state index contributed by atoms with van der Waals surface area (Å²) < 4.78 is 0. The quantitative estimate of drug-likeness (QED) is 0.859. The lowest BCUT2D eigenvalue weighted by atomic mass is 9.87. The first-order valence-corrected chi connectivity index (χ1v) is 8.33. The number of amides is 2. The zero-order chi connectivity index (χ0) is 13.9. The van der Waals surface area contributed by atoms with Crippen LogP contribution in [0.2, 0.25) is 0 Å². The molecule has 0 radical (unpaired) electrons. The summed E-state index contributed by atoms with van der Waals surface area (Å²) >= 11 is 0. The minimum absolute atomic E-state index is 0.131. The average Bonchev–Trinajstić information content (AvgIpc) is 3.31. The molecule has 2 saturated carbocycles. The number of rotatable bonds is 3. The molecule has 0 atom stereocenters. The van der Waals surface area contributed by atoms with Crippen molar-refractivity contribution in [2.75, 3.05) is 13.1 Å². The molecule has 0 aromatic rings. The van der Waals surface area contributed by atoms with E-state index < -0.39 is 0 Å². The third-order valence-corrected chi connectivity index (χ3v) is 5.06. The van der Waals surface area contributed by atoms with E-state index in [2.05, 4.69) is 5.32 Å². The standard InChI is InChI=1S/C16H26N2O2/c19-15(17-14-6-7-14)12-8-10-18(11-9-12)16(20)13-4-2-1-3-5-13/h12-14H,1-11H2,(H,17,19). The third-order valence-electron chi connectivity index (χ3n) is 5.06. The van der Waals surface area contributed by atoms with Gasteiger partial charge in [0.15, 0.2) is 0 Å². The molecule has 3 rings (SSSR count). The Kier molecular flexibility index (Phi) is 4.27. The van der Waals surface area contributed by atoms with Gasteiger partial charge in [-0.05, 0) is 38.5 Å². The first-order chi connectivity index (χ1) is 9.74. The molecule has 2 amide bonds. The normalized spacial score (nSPS) is 25.5. The summed E-state index contributed by atoms with van der Waals surface area (Å²) in [5.41, 5.74) is 0. The van der Waals surface area contributed by atoms with E-state index in [-0.39, 0.29) is 17.7 Å². The van der Waals surface area contributed by atoms with Gasteiger partial charge in [0.1, 0.15) is 0 Å². The Hall–Kier alpha value is -1.06. The van der Waals surface area contributed by atoms with Gasteiger partial charge >= 0.3 is 0 Å². The minimum atomic E-state index is 0.131. The van der Waals surface area contributed by atoms with E-state index in [4.69, 9.17) is 0 Å². The van der Waals surface area contributed by atoms with Gasteiger partial charge in [0.05, 0.1) is 0 Å². The summed E-state index contributed by atoms with van der Waals surface area (Å²) in [6.45, 7) is 1.55. The highest BCUT2D eigenvalue weighted by atomic mass is 16.2. The van der Waals surface area contributed by atoms with Crippen LogP contribution in [0.1, 0.15) is 57.8 Å². The van der Waals surface area contributed by atoms with Crippen molar-refractivity contribution >= 4 is 11.8 Å². The molecular formula is C16H26N2O2. The maximum atomic E-state index is 12.4. The van der Waals surface area contributed by atoms with Crippen LogP contribution in [0.3, 0.4) is 0 Å². The fraction of sp³-hybridized carbons (Fsp3) is 0.875. The van der Waals surface area contributed by atoms with Gasteiger partial charge in [-0.1, -0.05) is 19.3 Å². The van der Waals surface area contributed by atoms with Crippen LogP contribution in [0.5, 0.6) is 0 Å². The van der Waals surface area contributed by atoms with E-state index in [1.165, 1.54) is 19.3 Å². The lowest BCUT2D eigenvalue weighted by Gasteiger charge is -2.34. The van der Waals surface area contributed by atoms with Crippen molar-refractivity contribution in [1.82, 2.24) is 10.2 Å². The van der Waals surface area contributed by atoms with Gasteiger partial charge in [-0.25, -0.2) is 0 Å². The van der Waals surface area contributed by atoms with Crippen LogP contribution in [-0.2, 0) is 9.59 Å². The lowest BCUT2D eigenvalue weighted by molar-refractivity contribution is -0.140. The van der Waals surface area contributed by atoms with Crippen LogP contribution in [0.4, 0.5) is 0 Å². The van der Waals surface area contributed by atoms with Gasteiger partial charge in [0, 0.05) is 31.0 Å². The summed E-state index contributed by atoms with van der Waals surface area (Å²) in [5, 5.41) is 3.09. The van der Waals surface area contributed by atoms with Crippen LogP contribution in [0, 0.1) is 11.8 Å². The van der Waals surface area contributed by atoms with Crippen LogP contribution in [0.25, 0.3) is 0 Å². The number of piperidine rings is 1. The first kappa shape index (κ1) is 13.9. The van der Waals surface area contributed by atoms with Crippen molar-refractivity contribution in [2.45, 2.75) is 63.8 Å². The van der Waals surface area contributed by atoms with Crippen molar-refractivity contribution in [3.63, 3.8) is 0 Å². The second kappa shape index (κ2) is 6.15. The van der Waals surface area contributed by atoms with Crippen LogP contribution < -0.4 is 5.32 Å². The Morgan fingerprint density at radius 1 is 0.800 bits per heavy atom. The van der Waals surface area contributed by atoms with E-state index in [1.807, 2.05) is 4.90 Å². The molecule has 4 heteroatoms. The number of carbonyl (C=O) groups is 2. The van der Waals surface area contributed by atoms with Gasteiger partial charge in [-0.15, -0.1) is 0 Å². The predicted molar refractivity (Wildman–Crippen MR) is 77.0 cm³/mol. The number of carbonyl (C=O) groups excluding carboxylic acids is 2. The van der Waals surface area contributed by atoms with Crippen LogP contribution >= 0.6 is 0 Å². The Balaban J connectivity index is 1.45.